The summed E-state index contributed by atoms with van der Waals surface area (Å²) < 4.78 is 33.5. The molecule has 2 saturated carbocycles. The van der Waals surface area contributed by atoms with Gasteiger partial charge in [0, 0.05) is 12.0 Å². The molecule has 2 fully saturated rings. The fourth-order valence-electron chi connectivity index (χ4n) is 4.09. The van der Waals surface area contributed by atoms with Gasteiger partial charge in [0.05, 0.1) is 16.9 Å². The van der Waals surface area contributed by atoms with E-state index in [4.69, 9.17) is 4.52 Å². The van der Waals surface area contributed by atoms with Crippen molar-refractivity contribution in [3.05, 3.63) is 42.0 Å². The minimum atomic E-state index is -3.61. The Bertz CT molecular complexity index is 910. The molecule has 4 atom stereocenters. The highest BCUT2D eigenvalue weighted by Crippen LogP contribution is 2.58. The molecule has 0 saturated heterocycles. The molecule has 1 aromatic carbocycles. The molecule has 2 aliphatic rings. The number of benzene rings is 1. The van der Waals surface area contributed by atoms with E-state index < -0.39 is 16.1 Å². The first-order chi connectivity index (χ1) is 12.8. The second-order valence-electron chi connectivity index (χ2n) is 8.16. The van der Waals surface area contributed by atoms with Gasteiger partial charge in [0.1, 0.15) is 0 Å². The third kappa shape index (κ3) is 3.41. The van der Waals surface area contributed by atoms with Crippen molar-refractivity contribution in [2.24, 2.45) is 5.41 Å². The Balaban J connectivity index is 1.52. The van der Waals surface area contributed by atoms with Gasteiger partial charge in [-0.15, -0.1) is 0 Å². The standard InChI is InChI=1S/C19H25N3O4S/c1-19(2)15(16(19)22-27(24,25)12-8-4-3-5-9-12)18-20-17(21-26-18)13-10-6-7-11-14(13)23/h3-5,8-9,13-16,22-23H,6-7,10-11H2,1-2H3/t13-,14+,15+,16+/m1/s1. The normalized spacial score (nSPS) is 30.2. The van der Waals surface area contributed by atoms with E-state index in [1.165, 1.54) is 0 Å². The third-order valence-corrected chi connectivity index (χ3v) is 7.40. The molecule has 0 amide bonds. The summed E-state index contributed by atoms with van der Waals surface area (Å²) in [4.78, 5) is 4.76. The van der Waals surface area contributed by atoms with Gasteiger partial charge in [-0.3, -0.25) is 0 Å². The maximum absolute atomic E-state index is 12.6. The lowest BCUT2D eigenvalue weighted by molar-refractivity contribution is 0.101. The van der Waals surface area contributed by atoms with Crippen LogP contribution in [0.4, 0.5) is 0 Å². The molecule has 2 N–H and O–H groups in total. The quantitative estimate of drug-likeness (QED) is 0.811. The summed E-state index contributed by atoms with van der Waals surface area (Å²) in [5.74, 6) is 0.689. The first kappa shape index (κ1) is 18.6. The van der Waals surface area contributed by atoms with Crippen molar-refractivity contribution in [3.8, 4) is 0 Å². The zero-order valence-corrected chi connectivity index (χ0v) is 16.3. The van der Waals surface area contributed by atoms with Crippen molar-refractivity contribution in [1.29, 1.82) is 0 Å². The van der Waals surface area contributed by atoms with Gasteiger partial charge in [0.2, 0.25) is 15.9 Å². The van der Waals surface area contributed by atoms with E-state index in [0.717, 1.165) is 25.7 Å². The Kier molecular flexibility index (Phi) is 4.60. The predicted molar refractivity (Wildman–Crippen MR) is 98.6 cm³/mol. The summed E-state index contributed by atoms with van der Waals surface area (Å²) in [6.45, 7) is 3.96. The minimum absolute atomic E-state index is 0.0995. The molecule has 0 bridgehead atoms. The molecular weight excluding hydrogens is 366 g/mol. The Morgan fingerprint density at radius 3 is 2.59 bits per heavy atom. The molecule has 0 spiro atoms. The topological polar surface area (TPSA) is 105 Å². The molecule has 27 heavy (non-hydrogen) atoms. The molecule has 1 heterocycles. The first-order valence-electron chi connectivity index (χ1n) is 9.39. The van der Waals surface area contributed by atoms with Crippen LogP contribution >= 0.6 is 0 Å². The first-order valence-corrected chi connectivity index (χ1v) is 10.9. The van der Waals surface area contributed by atoms with Crippen molar-refractivity contribution in [3.63, 3.8) is 0 Å². The summed E-state index contributed by atoms with van der Waals surface area (Å²) in [6.07, 6.45) is 3.21. The highest BCUT2D eigenvalue weighted by atomic mass is 32.2. The zero-order valence-electron chi connectivity index (χ0n) is 15.5. The highest BCUT2D eigenvalue weighted by molar-refractivity contribution is 7.89. The number of sulfonamides is 1. The van der Waals surface area contributed by atoms with E-state index in [9.17, 15) is 13.5 Å². The van der Waals surface area contributed by atoms with Gasteiger partial charge in [-0.25, -0.2) is 13.1 Å². The molecule has 8 heteroatoms. The van der Waals surface area contributed by atoms with Crippen LogP contribution in [0.2, 0.25) is 0 Å². The molecule has 0 radical (unpaired) electrons. The molecule has 0 aliphatic heterocycles. The molecule has 0 unspecified atom stereocenters. The smallest absolute Gasteiger partial charge is 0.240 e. The van der Waals surface area contributed by atoms with E-state index >= 15 is 0 Å². The lowest BCUT2D eigenvalue weighted by Crippen LogP contribution is -2.29. The fourth-order valence-corrected chi connectivity index (χ4v) is 5.52. The number of aromatic nitrogens is 2. The molecular formula is C19H25N3O4S. The zero-order chi connectivity index (χ0) is 19.2. The number of nitrogens with zero attached hydrogens (tertiary/aromatic N) is 2. The van der Waals surface area contributed by atoms with Gasteiger partial charge in [-0.05, 0) is 30.4 Å². The van der Waals surface area contributed by atoms with E-state index in [1.54, 1.807) is 30.3 Å². The van der Waals surface area contributed by atoms with Gasteiger partial charge in [-0.1, -0.05) is 50.0 Å². The van der Waals surface area contributed by atoms with Crippen molar-refractivity contribution in [1.82, 2.24) is 14.9 Å². The lowest BCUT2D eigenvalue weighted by atomic mass is 9.86. The van der Waals surface area contributed by atoms with Crippen molar-refractivity contribution >= 4 is 10.0 Å². The maximum Gasteiger partial charge on any atom is 0.240 e. The van der Waals surface area contributed by atoms with E-state index in [1.807, 2.05) is 13.8 Å². The van der Waals surface area contributed by atoms with E-state index in [2.05, 4.69) is 14.9 Å². The van der Waals surface area contributed by atoms with Crippen molar-refractivity contribution < 1.29 is 18.0 Å². The van der Waals surface area contributed by atoms with E-state index in [0.29, 0.717) is 11.7 Å². The minimum Gasteiger partial charge on any atom is -0.392 e. The summed E-state index contributed by atoms with van der Waals surface area (Å²) in [7, 11) is -3.61. The molecule has 2 aromatic rings. The van der Waals surface area contributed by atoms with Crippen LogP contribution in [0.3, 0.4) is 0 Å². The lowest BCUT2D eigenvalue weighted by Gasteiger charge is -2.24. The Morgan fingerprint density at radius 2 is 1.89 bits per heavy atom. The van der Waals surface area contributed by atoms with Crippen LogP contribution < -0.4 is 4.72 Å². The number of hydrogen-bond donors (Lipinski definition) is 2. The molecule has 1 aromatic heterocycles. The number of nitrogens with one attached hydrogen (secondary N) is 1. The van der Waals surface area contributed by atoms with Gasteiger partial charge in [-0.2, -0.15) is 4.98 Å². The number of aliphatic hydroxyl groups is 1. The van der Waals surface area contributed by atoms with Crippen LogP contribution in [0.25, 0.3) is 0 Å². The Hall–Kier alpha value is -1.77. The fraction of sp³-hybridized carbons (Fsp3) is 0.579. The van der Waals surface area contributed by atoms with Crippen LogP contribution in [-0.2, 0) is 10.0 Å². The number of hydrogen-bond acceptors (Lipinski definition) is 6. The SMILES string of the molecule is CC1(C)[C@H](c2nc([C@@H]3CCCC[C@@H]3O)no2)[C@@H]1NS(=O)(=O)c1ccccc1. The van der Waals surface area contributed by atoms with Gasteiger partial charge in [0.25, 0.3) is 0 Å². The van der Waals surface area contributed by atoms with Gasteiger partial charge >= 0.3 is 0 Å². The Labute approximate surface area is 159 Å². The summed E-state index contributed by atoms with van der Waals surface area (Å²) in [5.41, 5.74) is -0.323. The summed E-state index contributed by atoms with van der Waals surface area (Å²) in [6, 6.07) is 8.01. The largest absolute Gasteiger partial charge is 0.392 e. The summed E-state index contributed by atoms with van der Waals surface area (Å²) in [5, 5.41) is 14.3. The van der Waals surface area contributed by atoms with Crippen LogP contribution in [0, 0.1) is 5.41 Å². The van der Waals surface area contributed by atoms with Gasteiger partial charge < -0.3 is 9.63 Å². The van der Waals surface area contributed by atoms with Crippen LogP contribution in [0.5, 0.6) is 0 Å². The second-order valence-corrected chi connectivity index (χ2v) is 9.87. The van der Waals surface area contributed by atoms with Crippen molar-refractivity contribution in [2.75, 3.05) is 0 Å². The van der Waals surface area contributed by atoms with Crippen molar-refractivity contribution in [2.45, 2.75) is 68.4 Å². The third-order valence-electron chi connectivity index (χ3n) is 5.95. The molecule has 4 rings (SSSR count). The number of rotatable bonds is 5. The number of aliphatic hydroxyl groups excluding tert-OH is 1. The molecule has 7 nitrogen and oxygen atoms in total. The van der Waals surface area contributed by atoms with Crippen LogP contribution in [-0.4, -0.2) is 35.8 Å². The average Bonchev–Trinajstić information content (AvgIpc) is 2.98. The second kappa shape index (κ2) is 6.68. The van der Waals surface area contributed by atoms with E-state index in [-0.39, 0.29) is 28.2 Å². The van der Waals surface area contributed by atoms with Crippen LogP contribution in [0.15, 0.2) is 39.8 Å². The highest BCUT2D eigenvalue weighted by Gasteiger charge is 2.63. The summed E-state index contributed by atoms with van der Waals surface area (Å²) >= 11 is 0. The Morgan fingerprint density at radius 1 is 1.19 bits per heavy atom. The predicted octanol–water partition coefficient (Wildman–Crippen LogP) is 2.56. The monoisotopic (exact) mass is 391 g/mol. The molecule has 146 valence electrons. The van der Waals surface area contributed by atoms with Crippen LogP contribution in [0.1, 0.15) is 63.1 Å². The maximum atomic E-state index is 12.6. The average molecular weight is 391 g/mol. The molecule has 2 aliphatic carbocycles. The van der Waals surface area contributed by atoms with Gasteiger partial charge in [0.15, 0.2) is 5.82 Å².